The van der Waals surface area contributed by atoms with E-state index in [0.29, 0.717) is 12.0 Å². The van der Waals surface area contributed by atoms with Gasteiger partial charge >= 0.3 is 0 Å². The van der Waals surface area contributed by atoms with E-state index >= 15 is 0 Å². The molecule has 1 N–H and O–H groups in total. The van der Waals surface area contributed by atoms with Gasteiger partial charge in [-0.2, -0.15) is 0 Å². The van der Waals surface area contributed by atoms with Gasteiger partial charge in [-0.05, 0) is 31.4 Å². The lowest BCUT2D eigenvalue weighted by atomic mass is 9.97. The van der Waals surface area contributed by atoms with Crippen molar-refractivity contribution in [2.75, 3.05) is 19.8 Å². The summed E-state index contributed by atoms with van der Waals surface area (Å²) in [6.45, 7) is 6.87. The van der Waals surface area contributed by atoms with Crippen molar-refractivity contribution >= 4 is 11.5 Å². The molecular formula is C10H17N3OS. The van der Waals surface area contributed by atoms with Crippen LogP contribution in [0.2, 0.25) is 0 Å². The second-order valence-electron chi connectivity index (χ2n) is 3.88. The fourth-order valence-corrected chi connectivity index (χ4v) is 2.85. The first kappa shape index (κ1) is 11.0. The molecule has 1 saturated heterocycles. The highest BCUT2D eigenvalue weighted by atomic mass is 32.1. The van der Waals surface area contributed by atoms with Crippen LogP contribution in [0.4, 0.5) is 0 Å². The van der Waals surface area contributed by atoms with Crippen LogP contribution in [0.3, 0.4) is 0 Å². The Balaban J connectivity index is 2.15. The van der Waals surface area contributed by atoms with Crippen molar-refractivity contribution in [3.05, 3.63) is 10.6 Å². The number of rotatable bonds is 4. The Morgan fingerprint density at radius 3 is 3.07 bits per heavy atom. The van der Waals surface area contributed by atoms with E-state index in [0.717, 1.165) is 31.9 Å². The molecule has 0 spiro atoms. The molecule has 2 atom stereocenters. The van der Waals surface area contributed by atoms with Gasteiger partial charge in [0.1, 0.15) is 0 Å². The van der Waals surface area contributed by atoms with Gasteiger partial charge in [0.05, 0.1) is 23.2 Å². The van der Waals surface area contributed by atoms with E-state index < -0.39 is 0 Å². The second-order valence-corrected chi connectivity index (χ2v) is 4.67. The highest BCUT2D eigenvalue weighted by Gasteiger charge is 2.29. The van der Waals surface area contributed by atoms with Crippen molar-refractivity contribution in [2.45, 2.75) is 26.3 Å². The zero-order valence-corrected chi connectivity index (χ0v) is 10.0. The van der Waals surface area contributed by atoms with Crippen LogP contribution in [-0.4, -0.2) is 29.3 Å². The smallest absolute Gasteiger partial charge is 0.0772 e. The Bertz CT molecular complexity index is 309. The number of nitrogens with zero attached hydrogens (tertiary/aromatic N) is 2. The fraction of sp³-hybridized carbons (Fsp3) is 0.800. The van der Waals surface area contributed by atoms with Crippen LogP contribution in [-0.2, 0) is 4.74 Å². The molecule has 5 heteroatoms. The summed E-state index contributed by atoms with van der Waals surface area (Å²) in [5.41, 5.74) is 1.05. The standard InChI is InChI=1S/C10H17N3OS/c1-3-11-9(8-4-5-14-6-8)10-7(2)12-13-15-10/h8-9,11H,3-6H2,1-2H3. The summed E-state index contributed by atoms with van der Waals surface area (Å²) in [5, 5.41) is 7.60. The van der Waals surface area contributed by atoms with Crippen LogP contribution < -0.4 is 5.32 Å². The van der Waals surface area contributed by atoms with E-state index in [1.807, 2.05) is 6.92 Å². The van der Waals surface area contributed by atoms with Crippen molar-refractivity contribution in [3.8, 4) is 0 Å². The maximum Gasteiger partial charge on any atom is 0.0772 e. The highest BCUT2D eigenvalue weighted by molar-refractivity contribution is 7.05. The maximum absolute atomic E-state index is 5.45. The third-order valence-electron chi connectivity index (χ3n) is 2.83. The molecule has 2 rings (SSSR count). The Labute approximate surface area is 94.2 Å². The molecule has 0 radical (unpaired) electrons. The van der Waals surface area contributed by atoms with Gasteiger partial charge in [0, 0.05) is 12.5 Å². The van der Waals surface area contributed by atoms with Crippen LogP contribution in [0.25, 0.3) is 0 Å². The summed E-state index contributed by atoms with van der Waals surface area (Å²) in [4.78, 5) is 1.27. The third-order valence-corrected chi connectivity index (χ3v) is 3.74. The quantitative estimate of drug-likeness (QED) is 0.847. The summed E-state index contributed by atoms with van der Waals surface area (Å²) in [7, 11) is 0. The predicted octanol–water partition coefficient (Wildman–Crippen LogP) is 1.53. The first-order valence-corrected chi connectivity index (χ1v) is 6.20. The SMILES string of the molecule is CCNC(c1snnc1C)C1CCOC1. The molecule has 4 nitrogen and oxygen atoms in total. The Morgan fingerprint density at radius 2 is 2.53 bits per heavy atom. The van der Waals surface area contributed by atoms with E-state index in [9.17, 15) is 0 Å². The van der Waals surface area contributed by atoms with Crippen molar-refractivity contribution in [2.24, 2.45) is 5.92 Å². The van der Waals surface area contributed by atoms with E-state index in [4.69, 9.17) is 4.74 Å². The van der Waals surface area contributed by atoms with Crippen LogP contribution in [0, 0.1) is 12.8 Å². The molecule has 0 aliphatic carbocycles. The van der Waals surface area contributed by atoms with Crippen molar-refractivity contribution in [1.82, 2.24) is 14.9 Å². The summed E-state index contributed by atoms with van der Waals surface area (Å²) in [5.74, 6) is 0.575. The number of nitrogens with one attached hydrogen (secondary N) is 1. The molecule has 84 valence electrons. The largest absolute Gasteiger partial charge is 0.381 e. The third kappa shape index (κ3) is 2.35. The van der Waals surface area contributed by atoms with Gasteiger partial charge in [0.2, 0.25) is 0 Å². The molecule has 1 aliphatic heterocycles. The molecular weight excluding hydrogens is 210 g/mol. The second kappa shape index (κ2) is 5.01. The minimum Gasteiger partial charge on any atom is -0.381 e. The zero-order valence-electron chi connectivity index (χ0n) is 9.19. The Hall–Kier alpha value is -0.520. The van der Waals surface area contributed by atoms with Crippen molar-refractivity contribution < 1.29 is 4.74 Å². The fourth-order valence-electron chi connectivity index (χ4n) is 2.03. The average molecular weight is 227 g/mol. The van der Waals surface area contributed by atoms with E-state index in [1.165, 1.54) is 16.4 Å². The Kier molecular flexibility index (Phi) is 3.66. The van der Waals surface area contributed by atoms with Gasteiger partial charge < -0.3 is 10.1 Å². The van der Waals surface area contributed by atoms with E-state index in [-0.39, 0.29) is 0 Å². The predicted molar refractivity (Wildman–Crippen MR) is 60.0 cm³/mol. The van der Waals surface area contributed by atoms with Gasteiger partial charge in [-0.15, -0.1) is 5.10 Å². The average Bonchev–Trinajstić information content (AvgIpc) is 2.85. The van der Waals surface area contributed by atoms with E-state index in [1.54, 1.807) is 0 Å². The van der Waals surface area contributed by atoms with Crippen LogP contribution >= 0.6 is 11.5 Å². The van der Waals surface area contributed by atoms with Crippen LogP contribution in [0.15, 0.2) is 0 Å². The Morgan fingerprint density at radius 1 is 1.67 bits per heavy atom. The molecule has 0 bridgehead atoms. The highest BCUT2D eigenvalue weighted by Crippen LogP contribution is 2.31. The van der Waals surface area contributed by atoms with Crippen molar-refractivity contribution in [1.29, 1.82) is 0 Å². The molecule has 2 unspecified atom stereocenters. The molecule has 0 aromatic carbocycles. The molecule has 0 saturated carbocycles. The number of aromatic nitrogens is 2. The normalized spacial score (nSPS) is 23.2. The topological polar surface area (TPSA) is 47.0 Å². The van der Waals surface area contributed by atoms with Gasteiger partial charge in [-0.3, -0.25) is 0 Å². The number of aryl methyl sites for hydroxylation is 1. The minimum absolute atomic E-state index is 0.373. The van der Waals surface area contributed by atoms with Gasteiger partial charge in [0.25, 0.3) is 0 Å². The van der Waals surface area contributed by atoms with Crippen LogP contribution in [0.1, 0.15) is 30.0 Å². The summed E-state index contributed by atoms with van der Waals surface area (Å²) >= 11 is 1.51. The van der Waals surface area contributed by atoms with E-state index in [2.05, 4.69) is 21.8 Å². The molecule has 1 fully saturated rings. The summed E-state index contributed by atoms with van der Waals surface area (Å²) in [6.07, 6.45) is 1.13. The molecule has 1 aromatic rings. The molecule has 1 aromatic heterocycles. The number of hydrogen-bond donors (Lipinski definition) is 1. The molecule has 1 aliphatic rings. The van der Waals surface area contributed by atoms with Gasteiger partial charge in [-0.1, -0.05) is 11.4 Å². The number of ether oxygens (including phenoxy) is 1. The minimum atomic E-state index is 0.373. The lowest BCUT2D eigenvalue weighted by molar-refractivity contribution is 0.177. The summed E-state index contributed by atoms with van der Waals surface area (Å²) in [6, 6.07) is 0.373. The van der Waals surface area contributed by atoms with Crippen molar-refractivity contribution in [3.63, 3.8) is 0 Å². The molecule has 0 amide bonds. The first-order chi connectivity index (χ1) is 7.33. The number of hydrogen-bond acceptors (Lipinski definition) is 5. The monoisotopic (exact) mass is 227 g/mol. The maximum atomic E-state index is 5.45. The van der Waals surface area contributed by atoms with Gasteiger partial charge in [-0.25, -0.2) is 0 Å². The lowest BCUT2D eigenvalue weighted by Crippen LogP contribution is -2.28. The molecule has 15 heavy (non-hydrogen) atoms. The lowest BCUT2D eigenvalue weighted by Gasteiger charge is -2.21. The zero-order chi connectivity index (χ0) is 10.7. The molecule has 2 heterocycles. The first-order valence-electron chi connectivity index (χ1n) is 5.43. The summed E-state index contributed by atoms with van der Waals surface area (Å²) < 4.78 is 9.45. The van der Waals surface area contributed by atoms with Crippen LogP contribution in [0.5, 0.6) is 0 Å². The van der Waals surface area contributed by atoms with Gasteiger partial charge in [0.15, 0.2) is 0 Å².